The van der Waals surface area contributed by atoms with E-state index in [0.717, 1.165) is 6.07 Å². The van der Waals surface area contributed by atoms with Crippen LogP contribution in [0.3, 0.4) is 0 Å². The third-order valence-corrected chi connectivity index (χ3v) is 2.95. The minimum Gasteiger partial charge on any atom is -0.493 e. The number of rotatable bonds is 7. The fourth-order valence-corrected chi connectivity index (χ4v) is 1.79. The Hall–Kier alpha value is -2.65. The molecule has 9 nitrogen and oxygen atoms in total. The highest BCUT2D eigenvalue weighted by Gasteiger charge is 2.55. The van der Waals surface area contributed by atoms with Gasteiger partial charge in [0.2, 0.25) is 5.78 Å². The zero-order valence-electron chi connectivity index (χ0n) is 11.6. The molecular formula is C13H14O9. The molecule has 0 heterocycles. The maximum atomic E-state index is 12.3. The van der Waals surface area contributed by atoms with Gasteiger partial charge < -0.3 is 29.9 Å². The first-order chi connectivity index (χ1) is 10.2. The summed E-state index contributed by atoms with van der Waals surface area (Å²) in [5, 5.41) is 37.1. The fourth-order valence-electron chi connectivity index (χ4n) is 1.79. The lowest BCUT2D eigenvalue weighted by atomic mass is 9.87. The van der Waals surface area contributed by atoms with Crippen molar-refractivity contribution in [3.63, 3.8) is 0 Å². The third-order valence-electron chi connectivity index (χ3n) is 2.95. The highest BCUT2D eigenvalue weighted by atomic mass is 16.5. The molecule has 120 valence electrons. The van der Waals surface area contributed by atoms with Crippen molar-refractivity contribution in [3.8, 4) is 11.5 Å². The van der Waals surface area contributed by atoms with Gasteiger partial charge >= 0.3 is 11.9 Å². The molecule has 2 atom stereocenters. The molecule has 0 aliphatic carbocycles. The molecule has 0 saturated carbocycles. The smallest absolute Gasteiger partial charge is 0.347 e. The molecule has 4 N–H and O–H groups in total. The van der Waals surface area contributed by atoms with Gasteiger partial charge in [0.25, 0.3) is 5.60 Å². The Kier molecular flexibility index (Phi) is 5.07. The van der Waals surface area contributed by atoms with Crippen LogP contribution in [0.15, 0.2) is 18.2 Å². The second-order valence-electron chi connectivity index (χ2n) is 4.18. The van der Waals surface area contributed by atoms with Gasteiger partial charge in [-0.1, -0.05) is 6.07 Å². The first kappa shape index (κ1) is 17.4. The number of carbonyl (C=O) groups excluding carboxylic acids is 1. The summed E-state index contributed by atoms with van der Waals surface area (Å²) in [6.45, 7) is 0. The number of hydrogen-bond donors (Lipinski definition) is 4. The standard InChI is InChI=1S/C13H14O9/c1-21-7-5-3-4-6(8(7)22-2)9(14)13(20,12(18)19)10(15)11(16)17/h3-5,10,15,20H,1-2H3,(H,16,17)(H,18,19). The number of benzene rings is 1. The molecule has 0 amide bonds. The summed E-state index contributed by atoms with van der Waals surface area (Å²) in [5.41, 5.74) is -4.03. The number of carboxylic acid groups (broad SMARTS) is 2. The summed E-state index contributed by atoms with van der Waals surface area (Å²) in [6, 6.07) is 3.82. The summed E-state index contributed by atoms with van der Waals surface area (Å²) in [4.78, 5) is 34.3. The third kappa shape index (κ3) is 2.71. The van der Waals surface area contributed by atoms with Crippen LogP contribution in [-0.2, 0) is 9.59 Å². The molecule has 1 rings (SSSR count). The minimum absolute atomic E-state index is 0.0610. The number of carbonyl (C=O) groups is 3. The van der Waals surface area contributed by atoms with Gasteiger partial charge in [0.05, 0.1) is 19.8 Å². The number of ether oxygens (including phenoxy) is 2. The number of aliphatic carboxylic acids is 2. The number of aliphatic hydroxyl groups excluding tert-OH is 1. The number of methoxy groups -OCH3 is 2. The summed E-state index contributed by atoms with van der Waals surface area (Å²) in [5.74, 6) is -5.97. The van der Waals surface area contributed by atoms with E-state index in [9.17, 15) is 24.6 Å². The Morgan fingerprint density at radius 3 is 2.14 bits per heavy atom. The van der Waals surface area contributed by atoms with Gasteiger partial charge in [-0.2, -0.15) is 0 Å². The number of hydrogen-bond acceptors (Lipinski definition) is 7. The van der Waals surface area contributed by atoms with Crippen LogP contribution >= 0.6 is 0 Å². The van der Waals surface area contributed by atoms with E-state index >= 15 is 0 Å². The van der Waals surface area contributed by atoms with E-state index in [4.69, 9.17) is 19.7 Å². The van der Waals surface area contributed by atoms with E-state index in [1.54, 1.807) is 0 Å². The summed E-state index contributed by atoms with van der Waals surface area (Å²) in [7, 11) is 2.43. The van der Waals surface area contributed by atoms with Gasteiger partial charge in [-0.25, -0.2) is 9.59 Å². The molecule has 0 aromatic heterocycles. The van der Waals surface area contributed by atoms with Gasteiger partial charge in [-0.05, 0) is 12.1 Å². The Morgan fingerprint density at radius 2 is 1.73 bits per heavy atom. The zero-order chi connectivity index (χ0) is 17.1. The van der Waals surface area contributed by atoms with Crippen LogP contribution in [0.2, 0.25) is 0 Å². The van der Waals surface area contributed by atoms with Crippen molar-refractivity contribution in [2.45, 2.75) is 11.7 Å². The lowest BCUT2D eigenvalue weighted by Crippen LogP contribution is -2.58. The average Bonchev–Trinajstić information content (AvgIpc) is 2.51. The van der Waals surface area contributed by atoms with Crippen LogP contribution in [-0.4, -0.2) is 64.1 Å². The zero-order valence-corrected chi connectivity index (χ0v) is 11.6. The van der Waals surface area contributed by atoms with Crippen molar-refractivity contribution < 1.29 is 44.3 Å². The first-order valence-corrected chi connectivity index (χ1v) is 5.84. The van der Waals surface area contributed by atoms with Gasteiger partial charge in [0.1, 0.15) is 0 Å². The Bertz CT molecular complexity index is 610. The SMILES string of the molecule is COc1cccc(C(=O)C(O)(C(=O)O)C(O)C(=O)O)c1OC. The second-order valence-corrected chi connectivity index (χ2v) is 4.18. The predicted octanol–water partition coefficient (Wildman–Crippen LogP) is -0.852. The van der Waals surface area contributed by atoms with Crippen molar-refractivity contribution in [1.29, 1.82) is 0 Å². The van der Waals surface area contributed by atoms with Crippen LogP contribution in [0.4, 0.5) is 0 Å². The molecule has 0 radical (unpaired) electrons. The summed E-state index contributed by atoms with van der Waals surface area (Å²) in [6.07, 6.45) is -2.87. The Labute approximate surface area is 124 Å². The topological polar surface area (TPSA) is 151 Å². The van der Waals surface area contributed by atoms with Crippen molar-refractivity contribution in [2.75, 3.05) is 14.2 Å². The van der Waals surface area contributed by atoms with Crippen molar-refractivity contribution >= 4 is 17.7 Å². The number of ketones is 1. The average molecular weight is 314 g/mol. The van der Waals surface area contributed by atoms with Crippen LogP contribution < -0.4 is 9.47 Å². The maximum absolute atomic E-state index is 12.3. The monoisotopic (exact) mass is 314 g/mol. The Balaban J connectivity index is 3.51. The molecule has 22 heavy (non-hydrogen) atoms. The van der Waals surface area contributed by atoms with Gasteiger partial charge in [0.15, 0.2) is 17.6 Å². The van der Waals surface area contributed by atoms with E-state index in [1.165, 1.54) is 26.4 Å². The van der Waals surface area contributed by atoms with Crippen molar-refractivity contribution in [2.24, 2.45) is 0 Å². The lowest BCUT2D eigenvalue weighted by Gasteiger charge is -2.25. The van der Waals surface area contributed by atoms with Crippen LogP contribution in [0.5, 0.6) is 11.5 Å². The van der Waals surface area contributed by atoms with E-state index in [1.807, 2.05) is 0 Å². The molecular weight excluding hydrogens is 300 g/mol. The van der Waals surface area contributed by atoms with E-state index in [0.29, 0.717) is 0 Å². The van der Waals surface area contributed by atoms with E-state index < -0.39 is 35.0 Å². The molecule has 1 aromatic rings. The van der Waals surface area contributed by atoms with Gasteiger partial charge in [0, 0.05) is 0 Å². The van der Waals surface area contributed by atoms with Crippen LogP contribution in [0, 0.1) is 0 Å². The van der Waals surface area contributed by atoms with E-state index in [2.05, 4.69) is 0 Å². The molecule has 9 heteroatoms. The van der Waals surface area contributed by atoms with Crippen molar-refractivity contribution in [3.05, 3.63) is 23.8 Å². The normalized spacial score (nSPS) is 14.5. The molecule has 0 bridgehead atoms. The summed E-state index contributed by atoms with van der Waals surface area (Å²) >= 11 is 0. The number of carboxylic acids is 2. The minimum atomic E-state index is -3.58. The molecule has 1 aromatic carbocycles. The molecule has 0 spiro atoms. The lowest BCUT2D eigenvalue weighted by molar-refractivity contribution is -0.175. The van der Waals surface area contributed by atoms with E-state index in [-0.39, 0.29) is 11.5 Å². The molecule has 0 saturated heterocycles. The first-order valence-electron chi connectivity index (χ1n) is 5.84. The van der Waals surface area contributed by atoms with Crippen LogP contribution in [0.1, 0.15) is 10.4 Å². The molecule has 0 aliphatic rings. The van der Waals surface area contributed by atoms with Gasteiger partial charge in [-0.15, -0.1) is 0 Å². The van der Waals surface area contributed by atoms with Crippen molar-refractivity contribution in [1.82, 2.24) is 0 Å². The predicted molar refractivity (Wildman–Crippen MR) is 70.1 cm³/mol. The van der Waals surface area contributed by atoms with Gasteiger partial charge in [-0.3, -0.25) is 4.79 Å². The number of Topliss-reactive ketones (excluding diaryl/α,β-unsaturated/α-hetero) is 1. The largest absolute Gasteiger partial charge is 0.493 e. The Morgan fingerprint density at radius 1 is 1.14 bits per heavy atom. The maximum Gasteiger partial charge on any atom is 0.347 e. The van der Waals surface area contributed by atoms with Crippen LogP contribution in [0.25, 0.3) is 0 Å². The fraction of sp³-hybridized carbons (Fsp3) is 0.308. The number of aliphatic hydroxyl groups is 2. The molecule has 0 aliphatic heterocycles. The highest BCUT2D eigenvalue weighted by molar-refractivity contribution is 6.18. The quantitative estimate of drug-likeness (QED) is 0.372. The second kappa shape index (κ2) is 6.41. The molecule has 0 fully saturated rings. The number of para-hydroxylation sites is 1. The highest BCUT2D eigenvalue weighted by Crippen LogP contribution is 2.33. The molecule has 2 unspecified atom stereocenters. The summed E-state index contributed by atoms with van der Waals surface area (Å²) < 4.78 is 9.85.